The van der Waals surface area contributed by atoms with Gasteiger partial charge in [-0.15, -0.1) is 0 Å². The molecule has 14 heavy (non-hydrogen) atoms. The van der Waals surface area contributed by atoms with Crippen LogP contribution in [0.4, 0.5) is 0 Å². The van der Waals surface area contributed by atoms with Crippen molar-refractivity contribution in [2.45, 2.75) is 39.4 Å². The molecule has 0 unspecified atom stereocenters. The highest BCUT2D eigenvalue weighted by Gasteiger charge is 2.14. The molecule has 1 saturated heterocycles. The molecule has 84 valence electrons. The van der Waals surface area contributed by atoms with Gasteiger partial charge in [-0.1, -0.05) is 0 Å². The van der Waals surface area contributed by atoms with Crippen molar-refractivity contribution >= 4 is 0 Å². The Morgan fingerprint density at radius 1 is 1.07 bits per heavy atom. The molecule has 1 aliphatic rings. The van der Waals surface area contributed by atoms with Crippen molar-refractivity contribution in [3.05, 3.63) is 0 Å². The maximum absolute atomic E-state index is 5.49. The summed E-state index contributed by atoms with van der Waals surface area (Å²) in [6, 6.07) is 0. The topological polar surface area (TPSA) is 21.7 Å². The number of rotatable bonds is 7. The molecular formula is C11H23NO2. The SMILES string of the molecule is CCOC(CCN1CCCC1)OCC. The van der Waals surface area contributed by atoms with Gasteiger partial charge >= 0.3 is 0 Å². The second kappa shape index (κ2) is 7.21. The fraction of sp³-hybridized carbons (Fsp3) is 1.00. The van der Waals surface area contributed by atoms with Crippen LogP contribution in [0.1, 0.15) is 33.1 Å². The summed E-state index contributed by atoms with van der Waals surface area (Å²) in [6.07, 6.45) is 3.72. The smallest absolute Gasteiger partial charge is 0.158 e. The zero-order valence-electron chi connectivity index (χ0n) is 9.50. The molecule has 1 rings (SSSR count). The molecule has 1 heterocycles. The summed E-state index contributed by atoms with van der Waals surface area (Å²) in [4.78, 5) is 2.49. The molecule has 1 aliphatic heterocycles. The molecule has 0 N–H and O–H groups in total. The van der Waals surface area contributed by atoms with Gasteiger partial charge in [0.1, 0.15) is 0 Å². The summed E-state index contributed by atoms with van der Waals surface area (Å²) >= 11 is 0. The maximum atomic E-state index is 5.49. The molecule has 3 heteroatoms. The van der Waals surface area contributed by atoms with E-state index in [2.05, 4.69) is 4.90 Å². The molecular weight excluding hydrogens is 178 g/mol. The summed E-state index contributed by atoms with van der Waals surface area (Å²) < 4.78 is 11.0. The summed E-state index contributed by atoms with van der Waals surface area (Å²) in [5, 5.41) is 0. The highest BCUT2D eigenvalue weighted by molar-refractivity contribution is 4.66. The van der Waals surface area contributed by atoms with E-state index in [4.69, 9.17) is 9.47 Å². The molecule has 0 spiro atoms. The molecule has 0 aromatic heterocycles. The van der Waals surface area contributed by atoms with Gasteiger partial charge in [0.2, 0.25) is 0 Å². The molecule has 0 radical (unpaired) electrons. The van der Waals surface area contributed by atoms with E-state index in [1.54, 1.807) is 0 Å². The Bertz CT molecular complexity index is 129. The second-order valence-corrected chi connectivity index (χ2v) is 3.68. The first-order chi connectivity index (χ1) is 6.86. The van der Waals surface area contributed by atoms with Gasteiger partial charge in [-0.25, -0.2) is 0 Å². The van der Waals surface area contributed by atoms with Crippen molar-refractivity contribution in [2.75, 3.05) is 32.8 Å². The standard InChI is InChI=1S/C11H23NO2/c1-3-13-11(14-4-2)7-10-12-8-5-6-9-12/h11H,3-10H2,1-2H3. The van der Waals surface area contributed by atoms with Crippen molar-refractivity contribution in [1.29, 1.82) is 0 Å². The van der Waals surface area contributed by atoms with E-state index >= 15 is 0 Å². The normalized spacial score (nSPS) is 18.2. The van der Waals surface area contributed by atoms with E-state index in [0.29, 0.717) is 0 Å². The summed E-state index contributed by atoms with van der Waals surface area (Å²) in [7, 11) is 0. The fourth-order valence-corrected chi connectivity index (χ4v) is 1.88. The summed E-state index contributed by atoms with van der Waals surface area (Å²) in [5.41, 5.74) is 0. The van der Waals surface area contributed by atoms with E-state index < -0.39 is 0 Å². The Morgan fingerprint density at radius 2 is 1.64 bits per heavy atom. The first kappa shape index (κ1) is 12.0. The van der Waals surface area contributed by atoms with Crippen molar-refractivity contribution in [2.24, 2.45) is 0 Å². The maximum Gasteiger partial charge on any atom is 0.158 e. The third-order valence-corrected chi connectivity index (χ3v) is 2.58. The quantitative estimate of drug-likeness (QED) is 0.587. The van der Waals surface area contributed by atoms with Crippen LogP contribution >= 0.6 is 0 Å². The lowest BCUT2D eigenvalue weighted by molar-refractivity contribution is -0.141. The molecule has 0 aromatic rings. The van der Waals surface area contributed by atoms with Crippen molar-refractivity contribution in [3.8, 4) is 0 Å². The summed E-state index contributed by atoms with van der Waals surface area (Å²) in [6.45, 7) is 9.14. The molecule has 0 bridgehead atoms. The lowest BCUT2D eigenvalue weighted by Gasteiger charge is -2.20. The molecule has 0 atom stereocenters. The third-order valence-electron chi connectivity index (χ3n) is 2.58. The molecule has 0 saturated carbocycles. The Hall–Kier alpha value is -0.120. The number of ether oxygens (including phenoxy) is 2. The van der Waals surface area contributed by atoms with Gasteiger partial charge in [-0.2, -0.15) is 0 Å². The van der Waals surface area contributed by atoms with Gasteiger partial charge in [0.05, 0.1) is 0 Å². The van der Waals surface area contributed by atoms with Crippen molar-refractivity contribution < 1.29 is 9.47 Å². The van der Waals surface area contributed by atoms with Crippen molar-refractivity contribution in [3.63, 3.8) is 0 Å². The van der Waals surface area contributed by atoms with Gasteiger partial charge < -0.3 is 14.4 Å². The van der Waals surface area contributed by atoms with Crippen LogP contribution in [0.25, 0.3) is 0 Å². The zero-order chi connectivity index (χ0) is 10.2. The van der Waals surface area contributed by atoms with Crippen LogP contribution in [-0.4, -0.2) is 44.0 Å². The summed E-state index contributed by atoms with van der Waals surface area (Å²) in [5.74, 6) is 0. The number of likely N-dealkylation sites (tertiary alicyclic amines) is 1. The molecule has 0 aliphatic carbocycles. The van der Waals surface area contributed by atoms with Crippen LogP contribution in [0, 0.1) is 0 Å². The molecule has 0 amide bonds. The van der Waals surface area contributed by atoms with Gasteiger partial charge in [0, 0.05) is 26.2 Å². The Morgan fingerprint density at radius 3 is 2.14 bits per heavy atom. The minimum atomic E-state index is 0.00519. The highest BCUT2D eigenvalue weighted by Crippen LogP contribution is 2.10. The predicted octanol–water partition coefficient (Wildman–Crippen LogP) is 1.87. The van der Waals surface area contributed by atoms with Gasteiger partial charge in [-0.3, -0.25) is 0 Å². The Labute approximate surface area is 87.4 Å². The largest absolute Gasteiger partial charge is 0.353 e. The Balaban J connectivity index is 2.10. The van der Waals surface area contributed by atoms with Crippen LogP contribution < -0.4 is 0 Å². The van der Waals surface area contributed by atoms with Crippen LogP contribution in [0.5, 0.6) is 0 Å². The number of hydrogen-bond donors (Lipinski definition) is 0. The number of hydrogen-bond acceptors (Lipinski definition) is 3. The Kier molecular flexibility index (Phi) is 6.15. The average molecular weight is 201 g/mol. The minimum absolute atomic E-state index is 0.00519. The van der Waals surface area contributed by atoms with Crippen molar-refractivity contribution in [1.82, 2.24) is 4.90 Å². The van der Waals surface area contributed by atoms with Crippen LogP contribution in [-0.2, 0) is 9.47 Å². The predicted molar refractivity (Wildman–Crippen MR) is 57.3 cm³/mol. The lowest BCUT2D eigenvalue weighted by Crippen LogP contribution is -2.27. The second-order valence-electron chi connectivity index (χ2n) is 3.68. The first-order valence-electron chi connectivity index (χ1n) is 5.82. The third kappa shape index (κ3) is 4.40. The zero-order valence-corrected chi connectivity index (χ0v) is 9.50. The molecule has 1 fully saturated rings. The van der Waals surface area contributed by atoms with Gasteiger partial charge in [0.25, 0.3) is 0 Å². The van der Waals surface area contributed by atoms with Gasteiger partial charge in [-0.05, 0) is 39.8 Å². The van der Waals surface area contributed by atoms with Crippen LogP contribution in [0.2, 0.25) is 0 Å². The first-order valence-corrected chi connectivity index (χ1v) is 5.82. The number of nitrogens with zero attached hydrogens (tertiary/aromatic N) is 1. The van der Waals surface area contributed by atoms with E-state index in [-0.39, 0.29) is 6.29 Å². The monoisotopic (exact) mass is 201 g/mol. The van der Waals surface area contributed by atoms with E-state index in [1.807, 2.05) is 13.8 Å². The fourth-order valence-electron chi connectivity index (χ4n) is 1.88. The van der Waals surface area contributed by atoms with Crippen LogP contribution in [0.3, 0.4) is 0 Å². The minimum Gasteiger partial charge on any atom is -0.353 e. The van der Waals surface area contributed by atoms with E-state index in [1.165, 1.54) is 25.9 Å². The van der Waals surface area contributed by atoms with Crippen LogP contribution in [0.15, 0.2) is 0 Å². The van der Waals surface area contributed by atoms with E-state index in [0.717, 1.165) is 26.2 Å². The van der Waals surface area contributed by atoms with E-state index in [9.17, 15) is 0 Å². The van der Waals surface area contributed by atoms with Gasteiger partial charge in [0.15, 0.2) is 6.29 Å². The lowest BCUT2D eigenvalue weighted by atomic mass is 10.4. The highest BCUT2D eigenvalue weighted by atomic mass is 16.7. The average Bonchev–Trinajstić information content (AvgIpc) is 2.67. The molecule has 0 aromatic carbocycles. The molecule has 3 nitrogen and oxygen atoms in total.